The predicted molar refractivity (Wildman–Crippen MR) is 383 cm³/mol. The molecule has 0 N–H and O–H groups in total. The molecule has 4 aliphatic rings. The van der Waals surface area contributed by atoms with E-state index in [1.54, 1.807) is 0 Å². The summed E-state index contributed by atoms with van der Waals surface area (Å²) in [5.74, 6) is 0. The molecule has 3 heteroatoms. The quantitative estimate of drug-likeness (QED) is 0.159. The van der Waals surface area contributed by atoms with Gasteiger partial charge in [-0.25, -0.2) is 0 Å². The molecule has 0 aliphatic heterocycles. The van der Waals surface area contributed by atoms with Gasteiger partial charge in [0.1, 0.15) is 22.3 Å². The van der Waals surface area contributed by atoms with Crippen molar-refractivity contribution in [2.45, 2.75) is 49.4 Å². The van der Waals surface area contributed by atoms with Crippen molar-refractivity contribution in [3.63, 3.8) is 0 Å². The van der Waals surface area contributed by atoms with Gasteiger partial charge in [0.05, 0.1) is 10.8 Å². The van der Waals surface area contributed by atoms with E-state index >= 15 is 0 Å². The summed E-state index contributed by atoms with van der Waals surface area (Å²) in [7, 11) is 0. The molecule has 438 valence electrons. The third-order valence-corrected chi connectivity index (χ3v) is 22.1. The second-order valence-electron chi connectivity index (χ2n) is 27.3. The molecule has 4 aliphatic carbocycles. The summed E-state index contributed by atoms with van der Waals surface area (Å²) in [6.45, 7) is 9.78. The van der Waals surface area contributed by atoms with Crippen LogP contribution in [-0.4, -0.2) is 0 Å². The van der Waals surface area contributed by atoms with Crippen LogP contribution in [-0.2, 0) is 21.7 Å². The summed E-state index contributed by atoms with van der Waals surface area (Å²) in [6.07, 6.45) is 0. The highest BCUT2D eigenvalue weighted by Crippen LogP contribution is 2.67. The SMILES string of the molecule is CC1(C)c2cc(N(c3ccc4c(c3)C(c3ccccc3)(c3ccccc3)c3cc5c(cc3-4)C(c3ccccc3)(c3ccccc3)c3ccc4oc6ccccc6c4c3-5)c3ccc4ccccc4c3)ccc2-c2c1c1c(c3c2oc2ccccc23)-c2ccccc2C1(C)C. The van der Waals surface area contributed by atoms with E-state index < -0.39 is 16.2 Å². The maximum atomic E-state index is 7.19. The number of furan rings is 2. The highest BCUT2D eigenvalue weighted by atomic mass is 16.3. The number of hydrogen-bond donors (Lipinski definition) is 0. The molecule has 20 rings (SSSR count). The molecule has 93 heavy (non-hydrogen) atoms. The van der Waals surface area contributed by atoms with Gasteiger partial charge in [0.25, 0.3) is 0 Å². The average molecular weight is 1190 g/mol. The standard InChI is InChI=1S/C90H61NO2/c1-87(2)70-38-22-19-35-64(70)81-82-67-37-21-24-40-77(67)93-86(82)83-65-46-44-61(50-72(65)88(3,4)85(83)84(81)87)91(60-42-41-54-25-17-18-26-55(54)49-60)62-43-45-63-68-52-75-69(53-74(68)90(73(63)51-62,58-31-13-7-14-32-58)59-33-15-8-16-34-59)79-71(47-48-78-80(79)66-36-20-23-39-76(66)92-78)89(75,56-27-9-5-10-28-56)57-29-11-6-12-30-57/h5-53H,1-4H3. The fourth-order valence-electron chi connectivity index (χ4n) is 18.3. The van der Waals surface area contributed by atoms with Crippen molar-refractivity contribution < 1.29 is 8.83 Å². The Morgan fingerprint density at radius 1 is 0.269 bits per heavy atom. The summed E-state index contributed by atoms with van der Waals surface area (Å²) in [6, 6.07) is 112. The van der Waals surface area contributed by atoms with E-state index in [1.165, 1.54) is 127 Å². The first-order valence-electron chi connectivity index (χ1n) is 32.7. The maximum absolute atomic E-state index is 7.19. The van der Waals surface area contributed by atoms with Crippen LogP contribution in [0, 0.1) is 0 Å². The van der Waals surface area contributed by atoms with Gasteiger partial charge in [0.2, 0.25) is 0 Å². The van der Waals surface area contributed by atoms with Crippen molar-refractivity contribution in [2.75, 3.05) is 4.90 Å². The monoisotopic (exact) mass is 1190 g/mol. The molecule has 0 amide bonds. The molecule has 0 radical (unpaired) electrons. The molecule has 0 unspecified atom stereocenters. The molecule has 0 atom stereocenters. The van der Waals surface area contributed by atoms with Crippen LogP contribution in [0.1, 0.15) is 94.5 Å². The fourth-order valence-corrected chi connectivity index (χ4v) is 18.3. The molecule has 3 nitrogen and oxygen atoms in total. The van der Waals surface area contributed by atoms with E-state index in [0.717, 1.165) is 55.6 Å². The van der Waals surface area contributed by atoms with Gasteiger partial charge >= 0.3 is 0 Å². The lowest BCUT2D eigenvalue weighted by atomic mass is 9.66. The lowest BCUT2D eigenvalue weighted by Gasteiger charge is -2.36. The van der Waals surface area contributed by atoms with Gasteiger partial charge in [-0.15, -0.1) is 0 Å². The van der Waals surface area contributed by atoms with E-state index in [4.69, 9.17) is 8.83 Å². The smallest absolute Gasteiger partial charge is 0.144 e. The molecule has 0 fully saturated rings. The van der Waals surface area contributed by atoms with Crippen molar-refractivity contribution in [3.05, 3.63) is 364 Å². The zero-order chi connectivity index (χ0) is 61.7. The zero-order valence-electron chi connectivity index (χ0n) is 52.1. The van der Waals surface area contributed by atoms with Gasteiger partial charge in [-0.1, -0.05) is 258 Å². The third kappa shape index (κ3) is 6.73. The number of hydrogen-bond acceptors (Lipinski definition) is 3. The Morgan fingerprint density at radius 3 is 1.40 bits per heavy atom. The van der Waals surface area contributed by atoms with Crippen molar-refractivity contribution in [3.8, 4) is 44.5 Å². The maximum Gasteiger partial charge on any atom is 0.144 e. The first kappa shape index (κ1) is 52.5. The third-order valence-electron chi connectivity index (χ3n) is 22.1. The number of para-hydroxylation sites is 2. The van der Waals surface area contributed by atoms with Crippen LogP contribution in [0.3, 0.4) is 0 Å². The van der Waals surface area contributed by atoms with Gasteiger partial charge in [0.15, 0.2) is 0 Å². The van der Waals surface area contributed by atoms with E-state index in [9.17, 15) is 0 Å². The Labute approximate surface area is 540 Å². The first-order chi connectivity index (χ1) is 45.6. The highest BCUT2D eigenvalue weighted by molar-refractivity contribution is 6.21. The minimum absolute atomic E-state index is 0.262. The van der Waals surface area contributed by atoms with Gasteiger partial charge in [-0.2, -0.15) is 0 Å². The van der Waals surface area contributed by atoms with Crippen molar-refractivity contribution in [1.82, 2.24) is 0 Å². The van der Waals surface area contributed by atoms with Crippen LogP contribution in [0.5, 0.6) is 0 Å². The molecule has 14 aromatic carbocycles. The molecule has 2 heterocycles. The van der Waals surface area contributed by atoms with Crippen molar-refractivity contribution in [1.29, 1.82) is 0 Å². The van der Waals surface area contributed by atoms with Crippen molar-refractivity contribution in [2.24, 2.45) is 0 Å². The predicted octanol–water partition coefficient (Wildman–Crippen LogP) is 23.4. The Morgan fingerprint density at radius 2 is 0.731 bits per heavy atom. The van der Waals surface area contributed by atoms with Crippen LogP contribution in [0.4, 0.5) is 17.1 Å². The van der Waals surface area contributed by atoms with Gasteiger partial charge in [-0.05, 0) is 183 Å². The number of rotatable bonds is 7. The number of benzene rings is 14. The summed E-state index contributed by atoms with van der Waals surface area (Å²) in [4.78, 5) is 2.53. The van der Waals surface area contributed by atoms with E-state index in [2.05, 4.69) is 330 Å². The van der Waals surface area contributed by atoms with Crippen LogP contribution in [0.15, 0.2) is 306 Å². The number of nitrogens with zero attached hydrogens (tertiary/aromatic N) is 1. The van der Waals surface area contributed by atoms with Crippen LogP contribution < -0.4 is 4.90 Å². The molecule has 0 bridgehead atoms. The summed E-state index contributed by atoms with van der Waals surface area (Å²) < 4.78 is 14.0. The molecular formula is C90H61NO2. The van der Waals surface area contributed by atoms with Crippen LogP contribution >= 0.6 is 0 Å². The molecule has 16 aromatic rings. The topological polar surface area (TPSA) is 29.5 Å². The van der Waals surface area contributed by atoms with Gasteiger partial charge in [-0.3, -0.25) is 0 Å². The zero-order valence-corrected chi connectivity index (χ0v) is 52.1. The molecule has 2 aromatic heterocycles. The fraction of sp³-hybridized carbons (Fsp3) is 0.0889. The van der Waals surface area contributed by atoms with Gasteiger partial charge < -0.3 is 13.7 Å². The Balaban J connectivity index is 0.865. The van der Waals surface area contributed by atoms with E-state index in [-0.39, 0.29) is 5.41 Å². The van der Waals surface area contributed by atoms with Gasteiger partial charge in [0, 0.05) is 55.0 Å². The Bertz CT molecular complexity index is 5790. The lowest BCUT2D eigenvalue weighted by molar-refractivity contribution is 0.600. The largest absolute Gasteiger partial charge is 0.456 e. The second kappa shape index (κ2) is 18.7. The lowest BCUT2D eigenvalue weighted by Crippen LogP contribution is -2.30. The minimum atomic E-state index is -0.769. The number of anilines is 3. The average Bonchev–Trinajstić information content (AvgIpc) is 1.51. The first-order valence-corrected chi connectivity index (χ1v) is 32.7. The van der Waals surface area contributed by atoms with E-state index in [1.807, 2.05) is 0 Å². The molecular weight excluding hydrogens is 1130 g/mol. The normalized spacial score (nSPS) is 15.2. The molecule has 0 saturated carbocycles. The summed E-state index contributed by atoms with van der Waals surface area (Å²) in [5, 5.41) is 7.03. The summed E-state index contributed by atoms with van der Waals surface area (Å²) in [5.41, 5.74) is 30.0. The highest BCUT2D eigenvalue weighted by Gasteiger charge is 2.53. The van der Waals surface area contributed by atoms with Crippen LogP contribution in [0.2, 0.25) is 0 Å². The Kier molecular flexibility index (Phi) is 10.6. The second-order valence-corrected chi connectivity index (χ2v) is 27.3. The van der Waals surface area contributed by atoms with E-state index in [0.29, 0.717) is 0 Å². The summed E-state index contributed by atoms with van der Waals surface area (Å²) >= 11 is 0. The van der Waals surface area contributed by atoms with Crippen LogP contribution in [0.25, 0.3) is 99.2 Å². The minimum Gasteiger partial charge on any atom is -0.456 e. The molecule has 0 saturated heterocycles. The Hall–Kier alpha value is -11.3. The number of fused-ring (bicyclic) bond motifs is 23. The molecule has 0 spiro atoms. The van der Waals surface area contributed by atoms with Crippen molar-refractivity contribution >= 4 is 71.7 Å².